The summed E-state index contributed by atoms with van der Waals surface area (Å²) in [6.45, 7) is 1.42. The molecule has 3 N–H and O–H groups in total. The van der Waals surface area contributed by atoms with Gasteiger partial charge in [0.2, 0.25) is 0 Å². The number of halogens is 4. The lowest BCUT2D eigenvalue weighted by Gasteiger charge is -2.15. The molecule has 1 amide bonds. The van der Waals surface area contributed by atoms with Crippen LogP contribution in [0.3, 0.4) is 0 Å². The first kappa shape index (κ1) is 26.5. The number of benzene rings is 2. The number of amides is 1. The van der Waals surface area contributed by atoms with Crippen LogP contribution in [-0.2, 0) is 6.54 Å². The highest BCUT2D eigenvalue weighted by Gasteiger charge is 2.11. The number of alkyl halides is 2. The van der Waals surface area contributed by atoms with E-state index in [1.165, 1.54) is 12.1 Å². The van der Waals surface area contributed by atoms with Crippen molar-refractivity contribution in [1.29, 1.82) is 0 Å². The second kappa shape index (κ2) is 13.0. The van der Waals surface area contributed by atoms with Gasteiger partial charge in [-0.2, -0.15) is 8.78 Å². The Morgan fingerprint density at radius 2 is 1.77 bits per heavy atom. The van der Waals surface area contributed by atoms with Crippen LogP contribution in [-0.4, -0.2) is 38.6 Å². The lowest BCUT2D eigenvalue weighted by atomic mass is 10.1. The number of ether oxygens (including phenoxy) is 1. The fourth-order valence-electron chi connectivity index (χ4n) is 2.65. The third-order valence-electron chi connectivity index (χ3n) is 4.24. The van der Waals surface area contributed by atoms with Crippen LogP contribution in [0.15, 0.2) is 41.4 Å². The van der Waals surface area contributed by atoms with Gasteiger partial charge in [-0.3, -0.25) is 9.79 Å². The number of aliphatic imine (C=N–C) groups is 1. The van der Waals surface area contributed by atoms with Crippen molar-refractivity contribution >= 4 is 35.8 Å². The number of guanidine groups is 1. The van der Waals surface area contributed by atoms with E-state index in [4.69, 9.17) is 0 Å². The molecule has 0 aliphatic carbocycles. The SMILES string of the molecule is CN=C(NCCNC(=O)c1ccc(C)c(F)c1)NCc1cc(C)ccc1OC(F)F.I. The normalized spacial score (nSPS) is 11.0. The largest absolute Gasteiger partial charge is 0.434 e. The average molecular weight is 550 g/mol. The maximum atomic E-state index is 13.6. The lowest BCUT2D eigenvalue weighted by molar-refractivity contribution is -0.0504. The minimum Gasteiger partial charge on any atom is -0.434 e. The number of nitrogens with zero attached hydrogens (tertiary/aromatic N) is 1. The first-order chi connectivity index (χ1) is 14.3. The van der Waals surface area contributed by atoms with Gasteiger partial charge < -0.3 is 20.7 Å². The summed E-state index contributed by atoms with van der Waals surface area (Å²) in [4.78, 5) is 16.1. The standard InChI is InChI=1S/C21H25F3N4O2.HI/c1-13-4-7-18(30-20(23)24)16(10-13)12-28-21(25-3)27-9-8-26-19(29)15-6-5-14(2)17(22)11-15;/h4-7,10-11,20H,8-9,12H2,1-3H3,(H,26,29)(H2,25,27,28);1H. The van der Waals surface area contributed by atoms with E-state index >= 15 is 0 Å². The van der Waals surface area contributed by atoms with Gasteiger partial charge in [-0.25, -0.2) is 4.39 Å². The van der Waals surface area contributed by atoms with Crippen LogP contribution >= 0.6 is 24.0 Å². The Morgan fingerprint density at radius 1 is 1.06 bits per heavy atom. The number of hydrogen-bond donors (Lipinski definition) is 3. The van der Waals surface area contributed by atoms with Gasteiger partial charge in [0.05, 0.1) is 0 Å². The fourth-order valence-corrected chi connectivity index (χ4v) is 2.65. The van der Waals surface area contributed by atoms with E-state index in [0.29, 0.717) is 23.6 Å². The minimum absolute atomic E-state index is 0. The predicted octanol–water partition coefficient (Wildman–Crippen LogP) is 3.76. The number of rotatable bonds is 8. The second-order valence-corrected chi connectivity index (χ2v) is 6.56. The van der Waals surface area contributed by atoms with Crippen LogP contribution in [0.2, 0.25) is 0 Å². The summed E-state index contributed by atoms with van der Waals surface area (Å²) in [5.74, 6) is -0.296. The Balaban J connectivity index is 0.00000480. The highest BCUT2D eigenvalue weighted by molar-refractivity contribution is 14.0. The van der Waals surface area contributed by atoms with Crippen molar-refractivity contribution in [3.05, 3.63) is 64.5 Å². The third kappa shape index (κ3) is 8.64. The Labute approximate surface area is 196 Å². The van der Waals surface area contributed by atoms with Crippen LogP contribution in [0.1, 0.15) is 27.0 Å². The molecule has 2 aromatic rings. The molecule has 0 heterocycles. The number of hydrogen-bond acceptors (Lipinski definition) is 3. The molecule has 10 heteroatoms. The summed E-state index contributed by atoms with van der Waals surface area (Å²) in [5.41, 5.74) is 2.19. The molecule has 2 aromatic carbocycles. The Bertz CT molecular complexity index is 910. The molecule has 31 heavy (non-hydrogen) atoms. The topological polar surface area (TPSA) is 74.8 Å². The van der Waals surface area contributed by atoms with Crippen molar-refractivity contribution < 1.29 is 22.7 Å². The van der Waals surface area contributed by atoms with Gasteiger partial charge in [0.25, 0.3) is 5.91 Å². The van der Waals surface area contributed by atoms with Gasteiger partial charge in [-0.05, 0) is 37.6 Å². The van der Waals surface area contributed by atoms with Crippen molar-refractivity contribution in [2.24, 2.45) is 4.99 Å². The highest BCUT2D eigenvalue weighted by Crippen LogP contribution is 2.21. The maximum absolute atomic E-state index is 13.6. The summed E-state index contributed by atoms with van der Waals surface area (Å²) in [6, 6.07) is 9.24. The minimum atomic E-state index is -2.91. The summed E-state index contributed by atoms with van der Waals surface area (Å²) in [5, 5.41) is 8.70. The molecule has 6 nitrogen and oxygen atoms in total. The average Bonchev–Trinajstić information content (AvgIpc) is 2.70. The number of carbonyl (C=O) groups is 1. The molecule has 0 saturated carbocycles. The van der Waals surface area contributed by atoms with Crippen LogP contribution in [0, 0.1) is 19.7 Å². The fraction of sp³-hybridized carbons (Fsp3) is 0.333. The first-order valence-electron chi connectivity index (χ1n) is 9.33. The lowest BCUT2D eigenvalue weighted by Crippen LogP contribution is -2.41. The summed E-state index contributed by atoms with van der Waals surface area (Å²) in [7, 11) is 1.57. The zero-order valence-electron chi connectivity index (χ0n) is 17.5. The second-order valence-electron chi connectivity index (χ2n) is 6.56. The molecular formula is C21H26F3IN4O2. The van der Waals surface area contributed by atoms with Gasteiger partial charge >= 0.3 is 6.61 Å². The summed E-state index contributed by atoms with van der Waals surface area (Å²) in [6.07, 6.45) is 0. The molecule has 0 spiro atoms. The van der Waals surface area contributed by atoms with E-state index in [1.54, 1.807) is 38.2 Å². The number of aryl methyl sites for hydroxylation is 2. The summed E-state index contributed by atoms with van der Waals surface area (Å²) < 4.78 is 43.2. The summed E-state index contributed by atoms with van der Waals surface area (Å²) >= 11 is 0. The molecule has 0 aromatic heterocycles. The zero-order chi connectivity index (χ0) is 22.1. The van der Waals surface area contributed by atoms with Gasteiger partial charge in [0.15, 0.2) is 5.96 Å². The van der Waals surface area contributed by atoms with Crippen molar-refractivity contribution in [2.45, 2.75) is 27.0 Å². The van der Waals surface area contributed by atoms with Crippen molar-refractivity contribution in [1.82, 2.24) is 16.0 Å². The Kier molecular flexibility index (Phi) is 11.2. The number of nitrogens with one attached hydrogen (secondary N) is 3. The molecule has 0 atom stereocenters. The Hall–Kier alpha value is -2.50. The maximum Gasteiger partial charge on any atom is 0.387 e. The molecule has 0 saturated heterocycles. The van der Waals surface area contributed by atoms with Crippen molar-refractivity contribution in [3.63, 3.8) is 0 Å². The van der Waals surface area contributed by atoms with Gasteiger partial charge in [-0.1, -0.05) is 23.8 Å². The monoisotopic (exact) mass is 550 g/mol. The smallest absolute Gasteiger partial charge is 0.387 e. The van der Waals surface area contributed by atoms with Crippen LogP contribution < -0.4 is 20.7 Å². The van der Waals surface area contributed by atoms with E-state index in [0.717, 1.165) is 5.56 Å². The molecule has 0 radical (unpaired) electrons. The van der Waals surface area contributed by atoms with Crippen LogP contribution in [0.4, 0.5) is 13.2 Å². The molecule has 0 unspecified atom stereocenters. The van der Waals surface area contributed by atoms with E-state index in [2.05, 4.69) is 25.7 Å². The molecule has 170 valence electrons. The van der Waals surface area contributed by atoms with E-state index in [9.17, 15) is 18.0 Å². The third-order valence-corrected chi connectivity index (χ3v) is 4.24. The Morgan fingerprint density at radius 3 is 2.42 bits per heavy atom. The van der Waals surface area contributed by atoms with Crippen LogP contribution in [0.25, 0.3) is 0 Å². The highest BCUT2D eigenvalue weighted by atomic mass is 127. The van der Waals surface area contributed by atoms with Gasteiger partial charge in [0, 0.05) is 37.8 Å². The first-order valence-corrected chi connectivity index (χ1v) is 9.33. The molecular weight excluding hydrogens is 524 g/mol. The van der Waals surface area contributed by atoms with Crippen LogP contribution in [0.5, 0.6) is 5.75 Å². The van der Waals surface area contributed by atoms with Gasteiger partial charge in [-0.15, -0.1) is 24.0 Å². The van der Waals surface area contributed by atoms with E-state index in [1.807, 2.05) is 6.92 Å². The van der Waals surface area contributed by atoms with E-state index in [-0.39, 0.29) is 54.3 Å². The molecule has 0 fully saturated rings. The van der Waals surface area contributed by atoms with E-state index < -0.39 is 12.4 Å². The quantitative estimate of drug-likeness (QED) is 0.203. The molecule has 0 bridgehead atoms. The molecule has 2 rings (SSSR count). The molecule has 0 aliphatic rings. The van der Waals surface area contributed by atoms with Crippen molar-refractivity contribution in [3.8, 4) is 5.75 Å². The van der Waals surface area contributed by atoms with Crippen molar-refractivity contribution in [2.75, 3.05) is 20.1 Å². The molecule has 0 aliphatic heterocycles. The number of carbonyl (C=O) groups excluding carboxylic acids is 1. The van der Waals surface area contributed by atoms with Gasteiger partial charge in [0.1, 0.15) is 11.6 Å². The predicted molar refractivity (Wildman–Crippen MR) is 125 cm³/mol. The zero-order valence-corrected chi connectivity index (χ0v) is 19.8.